The summed E-state index contributed by atoms with van der Waals surface area (Å²) < 4.78 is 20.6. The van der Waals surface area contributed by atoms with E-state index in [0.717, 1.165) is 0 Å². The molecule has 1 amide bonds. The summed E-state index contributed by atoms with van der Waals surface area (Å²) in [5, 5.41) is 11.8. The van der Waals surface area contributed by atoms with Gasteiger partial charge in [-0.05, 0) is 37.6 Å². The zero-order valence-electron chi connectivity index (χ0n) is 15.7. The number of carbonyl (C=O) groups is 2. The molecule has 0 aliphatic carbocycles. The molecule has 0 unspecified atom stereocenters. The highest BCUT2D eigenvalue weighted by atomic mass is 16.6. The third kappa shape index (κ3) is 7.79. The molecule has 1 aromatic rings. The summed E-state index contributed by atoms with van der Waals surface area (Å²) in [6, 6.07) is 6.76. The predicted octanol–water partition coefficient (Wildman–Crippen LogP) is 1.70. The summed E-state index contributed by atoms with van der Waals surface area (Å²) in [5.41, 5.74) is 0.536. The van der Waals surface area contributed by atoms with Crippen molar-refractivity contribution in [2.45, 2.75) is 13.8 Å². The maximum Gasteiger partial charge on any atom is 0.344 e. The number of amides is 1. The lowest BCUT2D eigenvalue weighted by Crippen LogP contribution is -2.27. The summed E-state index contributed by atoms with van der Waals surface area (Å²) in [6.07, 6.45) is 1.44. The minimum atomic E-state index is -0.491. The Labute approximate surface area is 158 Å². The van der Waals surface area contributed by atoms with Crippen molar-refractivity contribution in [3.63, 3.8) is 0 Å². The monoisotopic (exact) mass is 376 g/mol. The summed E-state index contributed by atoms with van der Waals surface area (Å²) in [6.45, 7) is 4.59. The van der Waals surface area contributed by atoms with E-state index in [0.29, 0.717) is 36.8 Å². The number of hydrogen-bond donors (Lipinski definition) is 1. The molecule has 0 saturated carbocycles. The Morgan fingerprint density at radius 2 is 1.96 bits per heavy atom. The molecule has 8 nitrogen and oxygen atoms in total. The third-order valence-electron chi connectivity index (χ3n) is 3.19. The Hall–Kier alpha value is -3.05. The molecule has 27 heavy (non-hydrogen) atoms. The molecule has 0 atom stereocenters. The molecule has 0 saturated heterocycles. The van der Waals surface area contributed by atoms with Gasteiger partial charge in [0.1, 0.15) is 11.6 Å². The highest BCUT2D eigenvalue weighted by Crippen LogP contribution is 2.29. The van der Waals surface area contributed by atoms with Crippen LogP contribution in [0.5, 0.6) is 11.5 Å². The molecular formula is C19H24N2O6. The van der Waals surface area contributed by atoms with Gasteiger partial charge in [-0.15, -0.1) is 0 Å². The number of nitrogens with one attached hydrogen (secondary N) is 1. The number of esters is 1. The second-order valence-electron chi connectivity index (χ2n) is 5.15. The standard InChI is InChI=1S/C19H24N2O6/c1-4-25-17-11-14(6-7-16(17)27-13-18(22)26-5-2)10-15(12-20)19(23)21-8-9-24-3/h6-7,10-11H,4-5,8-9,13H2,1-3H3,(H,21,23)/b15-10+. The van der Waals surface area contributed by atoms with Gasteiger partial charge in [0.25, 0.3) is 5.91 Å². The Balaban J connectivity index is 2.94. The summed E-state index contributed by atoms with van der Waals surface area (Å²) in [4.78, 5) is 23.4. The van der Waals surface area contributed by atoms with E-state index < -0.39 is 11.9 Å². The minimum Gasteiger partial charge on any atom is -0.490 e. The van der Waals surface area contributed by atoms with Gasteiger partial charge in [-0.2, -0.15) is 5.26 Å². The first-order valence-corrected chi connectivity index (χ1v) is 8.49. The molecule has 0 aromatic heterocycles. The quantitative estimate of drug-likeness (QED) is 0.271. The topological polar surface area (TPSA) is 107 Å². The van der Waals surface area contributed by atoms with Gasteiger partial charge in [-0.25, -0.2) is 4.79 Å². The Bertz CT molecular complexity index is 709. The zero-order chi connectivity index (χ0) is 20.1. The SMILES string of the molecule is CCOC(=O)COc1ccc(/C=C(\C#N)C(=O)NCCOC)cc1OCC. The van der Waals surface area contributed by atoms with Crippen LogP contribution in [0.1, 0.15) is 19.4 Å². The number of nitrogens with zero attached hydrogens (tertiary/aromatic N) is 1. The van der Waals surface area contributed by atoms with E-state index in [4.69, 9.17) is 18.9 Å². The minimum absolute atomic E-state index is 0.0475. The highest BCUT2D eigenvalue weighted by molar-refractivity contribution is 6.01. The van der Waals surface area contributed by atoms with Crippen LogP contribution in [0.4, 0.5) is 0 Å². The number of methoxy groups -OCH3 is 1. The molecule has 146 valence electrons. The van der Waals surface area contributed by atoms with Gasteiger partial charge in [0.05, 0.1) is 19.8 Å². The Morgan fingerprint density at radius 3 is 2.59 bits per heavy atom. The van der Waals surface area contributed by atoms with E-state index in [9.17, 15) is 14.9 Å². The molecule has 0 aliphatic rings. The molecule has 8 heteroatoms. The number of benzene rings is 1. The van der Waals surface area contributed by atoms with Gasteiger partial charge in [-0.1, -0.05) is 6.07 Å². The van der Waals surface area contributed by atoms with Crippen molar-refractivity contribution in [3.05, 3.63) is 29.3 Å². The summed E-state index contributed by atoms with van der Waals surface area (Å²) in [5.74, 6) is -0.212. The van der Waals surface area contributed by atoms with Crippen LogP contribution >= 0.6 is 0 Å². The van der Waals surface area contributed by atoms with Crippen LogP contribution in [0.15, 0.2) is 23.8 Å². The summed E-state index contributed by atoms with van der Waals surface area (Å²) >= 11 is 0. The van der Waals surface area contributed by atoms with Crippen LogP contribution in [0.3, 0.4) is 0 Å². The van der Waals surface area contributed by atoms with Crippen LogP contribution in [0.25, 0.3) is 6.08 Å². The van der Waals surface area contributed by atoms with Crippen molar-refractivity contribution < 1.29 is 28.5 Å². The average molecular weight is 376 g/mol. The molecule has 0 fully saturated rings. The lowest BCUT2D eigenvalue weighted by molar-refractivity contribution is -0.145. The lowest BCUT2D eigenvalue weighted by atomic mass is 10.1. The van der Waals surface area contributed by atoms with E-state index in [-0.39, 0.29) is 18.8 Å². The van der Waals surface area contributed by atoms with E-state index in [1.54, 1.807) is 25.1 Å². The number of hydrogen-bond acceptors (Lipinski definition) is 7. The normalized spacial score (nSPS) is 10.7. The fourth-order valence-corrected chi connectivity index (χ4v) is 2.02. The van der Waals surface area contributed by atoms with Crippen molar-refractivity contribution in [1.82, 2.24) is 5.32 Å². The van der Waals surface area contributed by atoms with Crippen molar-refractivity contribution in [2.75, 3.05) is 40.1 Å². The van der Waals surface area contributed by atoms with Gasteiger partial charge in [-0.3, -0.25) is 4.79 Å². The second-order valence-corrected chi connectivity index (χ2v) is 5.15. The molecule has 0 bridgehead atoms. The highest BCUT2D eigenvalue weighted by Gasteiger charge is 2.12. The number of rotatable bonds is 11. The fourth-order valence-electron chi connectivity index (χ4n) is 2.02. The van der Waals surface area contributed by atoms with Gasteiger partial charge in [0.15, 0.2) is 18.1 Å². The molecule has 0 radical (unpaired) electrons. The van der Waals surface area contributed by atoms with E-state index >= 15 is 0 Å². The number of carbonyl (C=O) groups excluding carboxylic acids is 2. The molecule has 1 N–H and O–H groups in total. The van der Waals surface area contributed by atoms with Gasteiger partial charge < -0.3 is 24.3 Å². The smallest absolute Gasteiger partial charge is 0.344 e. The Kier molecular flexibility index (Phi) is 10.0. The Morgan fingerprint density at radius 1 is 1.19 bits per heavy atom. The van der Waals surface area contributed by atoms with E-state index in [1.807, 2.05) is 13.0 Å². The second kappa shape index (κ2) is 12.3. The maximum atomic E-state index is 12.0. The molecule has 0 heterocycles. The van der Waals surface area contributed by atoms with E-state index in [1.165, 1.54) is 13.2 Å². The molecule has 1 aromatic carbocycles. The molecule has 0 aliphatic heterocycles. The van der Waals surface area contributed by atoms with Gasteiger partial charge in [0, 0.05) is 13.7 Å². The van der Waals surface area contributed by atoms with Crippen molar-refractivity contribution in [1.29, 1.82) is 5.26 Å². The van der Waals surface area contributed by atoms with Crippen LogP contribution in [0, 0.1) is 11.3 Å². The van der Waals surface area contributed by atoms with Crippen molar-refractivity contribution in [2.24, 2.45) is 0 Å². The predicted molar refractivity (Wildman–Crippen MR) is 98.2 cm³/mol. The molecular weight excluding hydrogens is 352 g/mol. The molecule has 0 spiro atoms. The first-order valence-electron chi connectivity index (χ1n) is 8.49. The first kappa shape index (κ1) is 22.0. The van der Waals surface area contributed by atoms with Crippen LogP contribution < -0.4 is 14.8 Å². The van der Waals surface area contributed by atoms with Gasteiger partial charge >= 0.3 is 5.97 Å². The van der Waals surface area contributed by atoms with Crippen molar-refractivity contribution in [3.8, 4) is 17.6 Å². The van der Waals surface area contributed by atoms with Crippen LogP contribution in [-0.2, 0) is 19.1 Å². The average Bonchev–Trinajstić information content (AvgIpc) is 2.66. The van der Waals surface area contributed by atoms with Crippen molar-refractivity contribution >= 4 is 18.0 Å². The number of nitriles is 1. The summed E-state index contributed by atoms with van der Waals surface area (Å²) in [7, 11) is 1.52. The number of ether oxygens (including phenoxy) is 4. The maximum absolute atomic E-state index is 12.0. The largest absolute Gasteiger partial charge is 0.490 e. The zero-order valence-corrected chi connectivity index (χ0v) is 15.7. The van der Waals surface area contributed by atoms with Gasteiger partial charge in [0.2, 0.25) is 0 Å². The van der Waals surface area contributed by atoms with Crippen LogP contribution in [0.2, 0.25) is 0 Å². The molecule has 1 rings (SSSR count). The third-order valence-corrected chi connectivity index (χ3v) is 3.19. The van der Waals surface area contributed by atoms with E-state index in [2.05, 4.69) is 5.32 Å². The lowest BCUT2D eigenvalue weighted by Gasteiger charge is -2.12. The first-order chi connectivity index (χ1) is 13.0. The fraction of sp³-hybridized carbons (Fsp3) is 0.421. The van der Waals surface area contributed by atoms with Crippen LogP contribution in [-0.4, -0.2) is 52.0 Å².